The summed E-state index contributed by atoms with van der Waals surface area (Å²) in [6, 6.07) is 63.8. The molecule has 0 amide bonds. The molecule has 0 atom stereocenters. The predicted octanol–water partition coefficient (Wildman–Crippen LogP) is 14.1. The third-order valence-corrected chi connectivity index (χ3v) is 13.0. The molecule has 0 spiro atoms. The SMILES string of the molecule is CC1(C)c2ccccc2-c2cc3c(-n4c5ccccc5c5ccccc54)c4c(c(-n5c6ccccc6c6ccccc65)c3cc21)-c1cccc2cccc-4c12. The van der Waals surface area contributed by atoms with Gasteiger partial charge in [-0.2, -0.15) is 0 Å². The van der Waals surface area contributed by atoms with Crippen molar-refractivity contribution in [3.8, 4) is 44.8 Å². The first-order chi connectivity index (χ1) is 27.1. The smallest absolute Gasteiger partial charge is 0.0627 e. The van der Waals surface area contributed by atoms with E-state index < -0.39 is 0 Å². The van der Waals surface area contributed by atoms with E-state index in [0.29, 0.717) is 0 Å². The number of para-hydroxylation sites is 4. The molecule has 2 nitrogen and oxygen atoms in total. The van der Waals surface area contributed by atoms with Gasteiger partial charge < -0.3 is 9.13 Å². The number of aromatic nitrogens is 2. The van der Waals surface area contributed by atoms with Gasteiger partial charge in [0.2, 0.25) is 0 Å². The minimum absolute atomic E-state index is 0.160. The fourth-order valence-corrected chi connectivity index (χ4v) is 10.7. The van der Waals surface area contributed by atoms with E-state index in [2.05, 4.69) is 193 Å². The van der Waals surface area contributed by atoms with Crippen LogP contribution in [0, 0.1) is 0 Å². The second-order valence-electron chi connectivity index (χ2n) is 16.0. The normalized spacial score (nSPS) is 13.8. The van der Waals surface area contributed by atoms with E-state index in [1.54, 1.807) is 0 Å². The Morgan fingerprint density at radius 2 is 0.764 bits per heavy atom. The van der Waals surface area contributed by atoms with Gasteiger partial charge >= 0.3 is 0 Å². The molecule has 0 unspecified atom stereocenters. The van der Waals surface area contributed by atoms with Gasteiger partial charge in [-0.3, -0.25) is 0 Å². The second-order valence-corrected chi connectivity index (χ2v) is 16.0. The zero-order valence-electron chi connectivity index (χ0n) is 30.6. The van der Waals surface area contributed by atoms with Crippen molar-refractivity contribution in [3.05, 3.63) is 181 Å². The molecule has 0 radical (unpaired) electrons. The van der Waals surface area contributed by atoms with Gasteiger partial charge in [-0.25, -0.2) is 0 Å². The Morgan fingerprint density at radius 1 is 0.345 bits per heavy atom. The highest BCUT2D eigenvalue weighted by atomic mass is 15.0. The van der Waals surface area contributed by atoms with Crippen molar-refractivity contribution < 1.29 is 0 Å². The first-order valence-corrected chi connectivity index (χ1v) is 19.4. The van der Waals surface area contributed by atoms with Crippen LogP contribution in [-0.4, -0.2) is 9.13 Å². The number of benzene rings is 9. The number of hydrogen-bond donors (Lipinski definition) is 0. The minimum Gasteiger partial charge on any atom is -0.308 e. The van der Waals surface area contributed by atoms with Crippen LogP contribution in [0.5, 0.6) is 0 Å². The molecular formula is C53H34N2. The molecule has 0 aliphatic heterocycles. The molecule has 2 heteroatoms. The molecule has 0 bridgehead atoms. The molecule has 0 fully saturated rings. The first kappa shape index (κ1) is 29.5. The fourth-order valence-electron chi connectivity index (χ4n) is 10.7. The molecule has 9 aromatic carbocycles. The lowest BCUT2D eigenvalue weighted by Crippen LogP contribution is -2.15. The Kier molecular flexibility index (Phi) is 5.47. The summed E-state index contributed by atoms with van der Waals surface area (Å²) in [6.07, 6.45) is 0. The van der Waals surface area contributed by atoms with Gasteiger partial charge in [0.25, 0.3) is 0 Å². The lowest BCUT2D eigenvalue weighted by atomic mass is 9.81. The first-order valence-electron chi connectivity index (χ1n) is 19.4. The maximum Gasteiger partial charge on any atom is 0.0627 e. The monoisotopic (exact) mass is 698 g/mol. The summed E-state index contributed by atoms with van der Waals surface area (Å²) >= 11 is 0. The summed E-state index contributed by atoms with van der Waals surface area (Å²) < 4.78 is 5.18. The molecule has 0 N–H and O–H groups in total. The zero-order valence-corrected chi connectivity index (χ0v) is 30.6. The molecule has 55 heavy (non-hydrogen) atoms. The van der Waals surface area contributed by atoms with Gasteiger partial charge in [0.1, 0.15) is 0 Å². The highest BCUT2D eigenvalue weighted by molar-refractivity contribution is 6.26. The summed E-state index contributed by atoms with van der Waals surface area (Å²) in [4.78, 5) is 0. The Hall–Kier alpha value is -6.90. The molecular weight excluding hydrogens is 665 g/mol. The van der Waals surface area contributed by atoms with Crippen molar-refractivity contribution in [2.75, 3.05) is 0 Å². The number of rotatable bonds is 2. The Morgan fingerprint density at radius 3 is 1.27 bits per heavy atom. The van der Waals surface area contributed by atoms with Crippen molar-refractivity contribution >= 4 is 65.2 Å². The van der Waals surface area contributed by atoms with Crippen molar-refractivity contribution in [2.45, 2.75) is 19.3 Å². The van der Waals surface area contributed by atoms with E-state index in [1.807, 2.05) is 0 Å². The standard InChI is InChI=1S/C53H34N2/c1-53(2)42-24-8-3-17-32(42)39-29-40-41(30-43(39)53)52(55-46-27-11-6-20-35(46)36-21-7-12-28-47(36)55)50-38-23-14-16-31-15-13-22-37(48(31)38)49(50)51(40)54-44-25-9-4-18-33(44)34-19-5-10-26-45(34)54/h3-30H,1-2H3. The molecule has 0 saturated heterocycles. The summed E-state index contributed by atoms with van der Waals surface area (Å²) in [7, 11) is 0. The van der Waals surface area contributed by atoms with E-state index in [0.717, 1.165) is 0 Å². The largest absolute Gasteiger partial charge is 0.308 e. The molecule has 2 aliphatic rings. The van der Waals surface area contributed by atoms with E-state index in [4.69, 9.17) is 0 Å². The average molecular weight is 699 g/mol. The van der Waals surface area contributed by atoms with Crippen molar-refractivity contribution in [1.29, 1.82) is 0 Å². The maximum absolute atomic E-state index is 2.59. The molecule has 13 rings (SSSR count). The van der Waals surface area contributed by atoms with E-state index in [-0.39, 0.29) is 5.41 Å². The summed E-state index contributed by atoms with van der Waals surface area (Å²) in [6.45, 7) is 4.81. The quantitative estimate of drug-likeness (QED) is 0.170. The fraction of sp³-hybridized carbons (Fsp3) is 0.0566. The summed E-state index contributed by atoms with van der Waals surface area (Å²) in [5, 5.41) is 10.2. The molecule has 2 aliphatic carbocycles. The lowest BCUT2D eigenvalue weighted by Gasteiger charge is -2.26. The highest BCUT2D eigenvalue weighted by Crippen LogP contribution is 2.59. The number of hydrogen-bond acceptors (Lipinski definition) is 0. The van der Waals surface area contributed by atoms with Crippen molar-refractivity contribution in [2.24, 2.45) is 0 Å². The molecule has 0 saturated carbocycles. The lowest BCUT2D eigenvalue weighted by molar-refractivity contribution is 0.661. The molecule has 11 aromatic rings. The number of fused-ring (bicyclic) bond motifs is 13. The molecule has 256 valence electrons. The molecule has 2 aromatic heterocycles. The average Bonchev–Trinajstić information content (AvgIpc) is 3.92. The van der Waals surface area contributed by atoms with Gasteiger partial charge in [0, 0.05) is 48.9 Å². The van der Waals surface area contributed by atoms with Crippen LogP contribution >= 0.6 is 0 Å². The Balaban J connectivity index is 1.35. The topological polar surface area (TPSA) is 9.86 Å². The summed E-state index contributed by atoms with van der Waals surface area (Å²) in [5.74, 6) is 0. The zero-order chi connectivity index (χ0) is 36.2. The predicted molar refractivity (Wildman–Crippen MR) is 232 cm³/mol. The van der Waals surface area contributed by atoms with Crippen molar-refractivity contribution in [3.63, 3.8) is 0 Å². The van der Waals surface area contributed by atoms with E-state index in [9.17, 15) is 0 Å². The van der Waals surface area contributed by atoms with E-state index in [1.165, 1.54) is 121 Å². The van der Waals surface area contributed by atoms with Crippen LogP contribution in [-0.2, 0) is 5.41 Å². The van der Waals surface area contributed by atoms with Gasteiger partial charge in [0.15, 0.2) is 0 Å². The Bertz CT molecular complexity index is 3400. The summed E-state index contributed by atoms with van der Waals surface area (Å²) in [5.41, 5.74) is 17.9. The van der Waals surface area contributed by atoms with Gasteiger partial charge in [-0.05, 0) is 80.6 Å². The number of nitrogens with zero attached hydrogens (tertiary/aromatic N) is 2. The van der Waals surface area contributed by atoms with Crippen LogP contribution in [0.3, 0.4) is 0 Å². The third-order valence-electron chi connectivity index (χ3n) is 13.0. The second kappa shape index (κ2) is 10.2. The van der Waals surface area contributed by atoms with Gasteiger partial charge in [-0.1, -0.05) is 147 Å². The van der Waals surface area contributed by atoms with Gasteiger partial charge in [-0.15, -0.1) is 0 Å². The van der Waals surface area contributed by atoms with Crippen LogP contribution in [0.15, 0.2) is 170 Å². The highest BCUT2D eigenvalue weighted by Gasteiger charge is 2.38. The van der Waals surface area contributed by atoms with Crippen LogP contribution in [0.25, 0.3) is 110 Å². The van der Waals surface area contributed by atoms with Crippen LogP contribution in [0.1, 0.15) is 25.0 Å². The third kappa shape index (κ3) is 3.56. The maximum atomic E-state index is 2.59. The van der Waals surface area contributed by atoms with Gasteiger partial charge in [0.05, 0.1) is 33.4 Å². The molecule has 2 heterocycles. The minimum atomic E-state index is -0.160. The van der Waals surface area contributed by atoms with Crippen LogP contribution in [0.4, 0.5) is 0 Å². The Labute approximate surface area is 318 Å². The van der Waals surface area contributed by atoms with Crippen LogP contribution in [0.2, 0.25) is 0 Å². The van der Waals surface area contributed by atoms with Crippen molar-refractivity contribution in [1.82, 2.24) is 9.13 Å². The van der Waals surface area contributed by atoms with E-state index >= 15 is 0 Å². The van der Waals surface area contributed by atoms with Crippen LogP contribution < -0.4 is 0 Å².